The molecular formula is C30H54O2. The van der Waals surface area contributed by atoms with Crippen LogP contribution in [0.3, 0.4) is 0 Å². The second-order valence-corrected chi connectivity index (χ2v) is 14.7. The maximum atomic E-state index is 11.8. The molecule has 0 radical (unpaired) electrons. The fourth-order valence-electron chi connectivity index (χ4n) is 10.5. The van der Waals surface area contributed by atoms with Crippen molar-refractivity contribution in [2.24, 2.45) is 57.2 Å². The molecule has 0 aromatic rings. The minimum Gasteiger partial charge on any atom is -0.393 e. The lowest BCUT2D eigenvalue weighted by Crippen LogP contribution is -2.66. The summed E-state index contributed by atoms with van der Waals surface area (Å²) in [6.07, 6.45) is 11.9. The molecule has 0 aromatic heterocycles. The molecule has 4 aliphatic carbocycles. The highest BCUT2D eigenvalue weighted by atomic mass is 16.3. The smallest absolute Gasteiger partial charge is 0.0594 e. The summed E-state index contributed by atoms with van der Waals surface area (Å²) in [4.78, 5) is 0. The molecule has 0 amide bonds. The first-order valence-corrected chi connectivity index (χ1v) is 14.1. The van der Waals surface area contributed by atoms with Crippen LogP contribution < -0.4 is 0 Å². The Kier molecular flexibility index (Phi) is 6.45. The number of fused-ring (bicyclic) bond motifs is 5. The molecule has 4 fully saturated rings. The van der Waals surface area contributed by atoms with Gasteiger partial charge in [-0.3, -0.25) is 0 Å². The largest absolute Gasteiger partial charge is 0.393 e. The predicted molar refractivity (Wildman–Crippen MR) is 134 cm³/mol. The van der Waals surface area contributed by atoms with E-state index in [0.717, 1.165) is 31.1 Å². The minimum atomic E-state index is -0.177. The number of aliphatic hydroxyl groups is 2. The van der Waals surface area contributed by atoms with E-state index < -0.39 is 0 Å². The van der Waals surface area contributed by atoms with Crippen molar-refractivity contribution in [3.8, 4) is 0 Å². The number of rotatable bonds is 5. The second-order valence-electron chi connectivity index (χ2n) is 14.7. The molecule has 4 aliphatic rings. The van der Waals surface area contributed by atoms with E-state index in [-0.39, 0.29) is 28.5 Å². The molecule has 2 heteroatoms. The van der Waals surface area contributed by atoms with E-state index in [1.807, 2.05) is 0 Å². The molecule has 10 atom stereocenters. The highest BCUT2D eigenvalue weighted by Gasteiger charge is 2.70. The van der Waals surface area contributed by atoms with Crippen molar-refractivity contribution in [3.63, 3.8) is 0 Å². The van der Waals surface area contributed by atoms with Gasteiger partial charge in [-0.2, -0.15) is 0 Å². The van der Waals surface area contributed by atoms with Gasteiger partial charge < -0.3 is 10.2 Å². The lowest BCUT2D eigenvalue weighted by Gasteiger charge is -2.70. The monoisotopic (exact) mass is 446 g/mol. The van der Waals surface area contributed by atoms with Gasteiger partial charge in [-0.25, -0.2) is 0 Å². The van der Waals surface area contributed by atoms with E-state index in [4.69, 9.17) is 0 Å². The number of hydrogen-bond acceptors (Lipinski definition) is 2. The summed E-state index contributed by atoms with van der Waals surface area (Å²) in [6.45, 7) is 19.6. The van der Waals surface area contributed by atoms with Crippen LogP contribution in [0, 0.1) is 57.2 Å². The van der Waals surface area contributed by atoms with E-state index >= 15 is 0 Å². The summed E-state index contributed by atoms with van der Waals surface area (Å²) >= 11 is 0. The van der Waals surface area contributed by atoms with Crippen LogP contribution in [0.15, 0.2) is 0 Å². The molecule has 186 valence electrons. The van der Waals surface area contributed by atoms with Gasteiger partial charge in [0.25, 0.3) is 0 Å². The Morgan fingerprint density at radius 3 is 2.09 bits per heavy atom. The molecule has 0 heterocycles. The van der Waals surface area contributed by atoms with Gasteiger partial charge in [-0.05, 0) is 102 Å². The zero-order valence-electron chi connectivity index (χ0n) is 22.6. The average molecular weight is 447 g/mol. The molecule has 0 aliphatic heterocycles. The molecule has 4 saturated carbocycles. The number of aliphatic hydroxyl groups excluding tert-OH is 2. The van der Waals surface area contributed by atoms with Crippen LogP contribution in [0.25, 0.3) is 0 Å². The molecule has 0 aromatic carbocycles. The molecule has 0 saturated heterocycles. The van der Waals surface area contributed by atoms with Crippen molar-refractivity contribution >= 4 is 0 Å². The molecule has 0 spiro atoms. The zero-order chi connectivity index (χ0) is 23.7. The van der Waals surface area contributed by atoms with Crippen molar-refractivity contribution in [2.45, 2.75) is 132 Å². The van der Waals surface area contributed by atoms with Crippen molar-refractivity contribution in [1.82, 2.24) is 0 Å². The standard InChI is InChI=1S/C30H54O2/c1-19(2)10-9-11-20(3)21-12-16-30(8)26(21)22(31)18-24-28(6)15-14-25(32)27(4,5)23(28)13-17-29(24,30)7/h19-26,31-32H,9-18H2,1-8H3. The van der Waals surface area contributed by atoms with E-state index in [1.165, 1.54) is 44.9 Å². The maximum Gasteiger partial charge on any atom is 0.0594 e. The Balaban J connectivity index is 1.61. The van der Waals surface area contributed by atoms with Crippen LogP contribution in [0.5, 0.6) is 0 Å². The van der Waals surface area contributed by atoms with Gasteiger partial charge >= 0.3 is 0 Å². The molecule has 2 nitrogen and oxygen atoms in total. The third kappa shape index (κ3) is 3.47. The van der Waals surface area contributed by atoms with Gasteiger partial charge in [0.15, 0.2) is 0 Å². The SMILES string of the molecule is CC(C)CCCC(C)C1CCC2(C)C1C(O)CC1C3(C)CCC(O)C(C)(C)C3CCC12C. The topological polar surface area (TPSA) is 40.5 Å². The van der Waals surface area contributed by atoms with E-state index in [2.05, 4.69) is 55.4 Å². The Labute approximate surface area is 199 Å². The predicted octanol–water partition coefficient (Wildman–Crippen LogP) is 7.47. The highest BCUT2D eigenvalue weighted by molar-refractivity contribution is 5.19. The summed E-state index contributed by atoms with van der Waals surface area (Å²) in [5.41, 5.74) is 0.791. The van der Waals surface area contributed by atoms with Crippen molar-refractivity contribution < 1.29 is 10.2 Å². The van der Waals surface area contributed by atoms with Crippen LogP contribution in [-0.4, -0.2) is 22.4 Å². The van der Waals surface area contributed by atoms with E-state index in [0.29, 0.717) is 29.1 Å². The van der Waals surface area contributed by atoms with Gasteiger partial charge in [0.1, 0.15) is 0 Å². The van der Waals surface area contributed by atoms with E-state index in [9.17, 15) is 10.2 Å². The first kappa shape index (κ1) is 25.0. The first-order chi connectivity index (χ1) is 14.8. The Morgan fingerprint density at radius 1 is 0.781 bits per heavy atom. The third-order valence-electron chi connectivity index (χ3n) is 12.6. The normalized spacial score (nSPS) is 51.1. The van der Waals surface area contributed by atoms with E-state index in [1.54, 1.807) is 0 Å². The van der Waals surface area contributed by atoms with Crippen molar-refractivity contribution in [2.75, 3.05) is 0 Å². The van der Waals surface area contributed by atoms with Crippen LogP contribution in [0.1, 0.15) is 120 Å². The lowest BCUT2D eigenvalue weighted by molar-refractivity contribution is -0.242. The Morgan fingerprint density at radius 2 is 1.44 bits per heavy atom. The van der Waals surface area contributed by atoms with Gasteiger partial charge in [-0.15, -0.1) is 0 Å². The van der Waals surface area contributed by atoms with Crippen LogP contribution in [0.4, 0.5) is 0 Å². The zero-order valence-corrected chi connectivity index (χ0v) is 22.6. The lowest BCUT2D eigenvalue weighted by atomic mass is 9.35. The van der Waals surface area contributed by atoms with Gasteiger partial charge in [0.05, 0.1) is 12.2 Å². The fourth-order valence-corrected chi connectivity index (χ4v) is 10.5. The quantitative estimate of drug-likeness (QED) is 0.460. The van der Waals surface area contributed by atoms with Gasteiger partial charge in [0, 0.05) is 0 Å². The van der Waals surface area contributed by atoms with Gasteiger partial charge in [-0.1, -0.05) is 74.7 Å². The molecule has 2 N–H and O–H groups in total. The summed E-state index contributed by atoms with van der Waals surface area (Å²) in [5.74, 6) is 3.83. The van der Waals surface area contributed by atoms with Crippen molar-refractivity contribution in [1.29, 1.82) is 0 Å². The molecule has 0 bridgehead atoms. The third-order valence-corrected chi connectivity index (χ3v) is 12.6. The summed E-state index contributed by atoms with van der Waals surface area (Å²) in [5, 5.41) is 22.6. The van der Waals surface area contributed by atoms with Gasteiger partial charge in [0.2, 0.25) is 0 Å². The van der Waals surface area contributed by atoms with Crippen LogP contribution in [-0.2, 0) is 0 Å². The fraction of sp³-hybridized carbons (Fsp3) is 1.00. The summed E-state index contributed by atoms with van der Waals surface area (Å²) in [7, 11) is 0. The van der Waals surface area contributed by atoms with Crippen LogP contribution >= 0.6 is 0 Å². The van der Waals surface area contributed by atoms with Crippen molar-refractivity contribution in [3.05, 3.63) is 0 Å². The van der Waals surface area contributed by atoms with Crippen LogP contribution in [0.2, 0.25) is 0 Å². The second kappa shape index (κ2) is 8.25. The Bertz CT molecular complexity index is 684. The number of hydrogen-bond donors (Lipinski definition) is 2. The Hall–Kier alpha value is -0.0800. The minimum absolute atomic E-state index is 0.0137. The summed E-state index contributed by atoms with van der Waals surface area (Å²) in [6, 6.07) is 0. The molecule has 10 unspecified atom stereocenters. The first-order valence-electron chi connectivity index (χ1n) is 14.1. The highest BCUT2D eigenvalue weighted by Crippen LogP contribution is 2.75. The average Bonchev–Trinajstić information content (AvgIpc) is 3.07. The molecule has 32 heavy (non-hydrogen) atoms. The molecule has 4 rings (SSSR count). The summed E-state index contributed by atoms with van der Waals surface area (Å²) < 4.78 is 0. The maximum absolute atomic E-state index is 11.8. The molecular weight excluding hydrogens is 392 g/mol.